The highest BCUT2D eigenvalue weighted by molar-refractivity contribution is 6.10. The number of hydrogen-bond donors (Lipinski definition) is 0. The first kappa shape index (κ1) is 9.68. The molecule has 0 bridgehead atoms. The van der Waals surface area contributed by atoms with E-state index in [1.54, 1.807) is 6.92 Å². The van der Waals surface area contributed by atoms with Gasteiger partial charge >= 0.3 is 0 Å². The Bertz CT molecular complexity index is 297. The van der Waals surface area contributed by atoms with E-state index in [9.17, 15) is 4.79 Å². The van der Waals surface area contributed by atoms with E-state index in [1.165, 1.54) is 0 Å². The zero-order chi connectivity index (χ0) is 10.3. The molecule has 4 heteroatoms. The molecule has 78 valence electrons. The summed E-state index contributed by atoms with van der Waals surface area (Å²) < 4.78 is 16.2. The third-order valence-electron chi connectivity index (χ3n) is 2.33. The standard InChI is InChI=1S/C10H14O4/c1-6(2)14-9-7(3)8(11)10(9)12-4-5-13-10/h6H,4-5H2,1-3H3. The molecule has 1 saturated heterocycles. The molecule has 0 radical (unpaired) electrons. The average molecular weight is 198 g/mol. The van der Waals surface area contributed by atoms with Crippen molar-refractivity contribution in [3.05, 3.63) is 11.3 Å². The van der Waals surface area contributed by atoms with Crippen molar-refractivity contribution >= 4 is 5.78 Å². The third-order valence-corrected chi connectivity index (χ3v) is 2.33. The third kappa shape index (κ3) is 1.11. The van der Waals surface area contributed by atoms with Crippen LogP contribution in [-0.2, 0) is 19.0 Å². The molecule has 0 unspecified atom stereocenters. The topological polar surface area (TPSA) is 44.8 Å². The highest BCUT2D eigenvalue weighted by Crippen LogP contribution is 2.42. The Kier molecular flexibility index (Phi) is 2.12. The molecule has 1 spiro atoms. The summed E-state index contributed by atoms with van der Waals surface area (Å²) in [6.45, 7) is 6.45. The molecule has 2 rings (SSSR count). The maximum Gasteiger partial charge on any atom is 0.294 e. The van der Waals surface area contributed by atoms with E-state index in [-0.39, 0.29) is 11.9 Å². The lowest BCUT2D eigenvalue weighted by molar-refractivity contribution is -0.189. The molecule has 0 amide bonds. The molecule has 1 aliphatic heterocycles. The minimum Gasteiger partial charge on any atom is -0.489 e. The van der Waals surface area contributed by atoms with Crippen LogP contribution in [-0.4, -0.2) is 30.9 Å². The summed E-state index contributed by atoms with van der Waals surface area (Å²) in [6, 6.07) is 0. The number of Topliss-reactive ketones (excluding diaryl/α,β-unsaturated/α-hetero) is 1. The molecule has 1 aliphatic carbocycles. The van der Waals surface area contributed by atoms with Crippen molar-refractivity contribution in [3.63, 3.8) is 0 Å². The van der Waals surface area contributed by atoms with Gasteiger partial charge in [0, 0.05) is 5.57 Å². The van der Waals surface area contributed by atoms with E-state index in [2.05, 4.69) is 0 Å². The second-order valence-corrected chi connectivity index (χ2v) is 3.76. The fourth-order valence-corrected chi connectivity index (χ4v) is 1.71. The van der Waals surface area contributed by atoms with Crippen LogP contribution in [0.25, 0.3) is 0 Å². The largest absolute Gasteiger partial charge is 0.489 e. The number of ketones is 1. The Morgan fingerprint density at radius 1 is 1.36 bits per heavy atom. The van der Waals surface area contributed by atoms with E-state index in [1.807, 2.05) is 13.8 Å². The fourth-order valence-electron chi connectivity index (χ4n) is 1.71. The van der Waals surface area contributed by atoms with Gasteiger partial charge < -0.3 is 14.2 Å². The van der Waals surface area contributed by atoms with Crippen LogP contribution in [0.1, 0.15) is 20.8 Å². The number of ether oxygens (including phenoxy) is 3. The summed E-state index contributed by atoms with van der Waals surface area (Å²) in [5, 5.41) is 0. The SMILES string of the molecule is CC1=C(OC(C)C)C2(OCCO2)C1=O. The van der Waals surface area contributed by atoms with E-state index in [4.69, 9.17) is 14.2 Å². The molecule has 1 heterocycles. The summed E-state index contributed by atoms with van der Waals surface area (Å²) in [4.78, 5) is 11.6. The van der Waals surface area contributed by atoms with Gasteiger partial charge in [-0.2, -0.15) is 0 Å². The predicted octanol–water partition coefficient (Wildman–Crippen LogP) is 1.01. The minimum atomic E-state index is -1.19. The van der Waals surface area contributed by atoms with Gasteiger partial charge in [-0.25, -0.2) is 0 Å². The number of carbonyl (C=O) groups excluding carboxylic acids is 1. The first-order valence-corrected chi connectivity index (χ1v) is 4.78. The highest BCUT2D eigenvalue weighted by Gasteiger charge is 2.59. The molecule has 0 aromatic heterocycles. The van der Waals surface area contributed by atoms with Crippen LogP contribution in [0, 0.1) is 0 Å². The monoisotopic (exact) mass is 198 g/mol. The van der Waals surface area contributed by atoms with Crippen LogP contribution in [0.15, 0.2) is 11.3 Å². The van der Waals surface area contributed by atoms with Crippen molar-refractivity contribution in [2.75, 3.05) is 13.2 Å². The number of rotatable bonds is 2. The van der Waals surface area contributed by atoms with Crippen molar-refractivity contribution < 1.29 is 19.0 Å². The molecule has 0 aromatic rings. The van der Waals surface area contributed by atoms with Crippen LogP contribution in [0.3, 0.4) is 0 Å². The smallest absolute Gasteiger partial charge is 0.294 e. The van der Waals surface area contributed by atoms with Gasteiger partial charge in [0.1, 0.15) is 0 Å². The van der Waals surface area contributed by atoms with Crippen LogP contribution in [0.5, 0.6) is 0 Å². The van der Waals surface area contributed by atoms with Crippen molar-refractivity contribution in [1.29, 1.82) is 0 Å². The zero-order valence-corrected chi connectivity index (χ0v) is 8.62. The first-order valence-electron chi connectivity index (χ1n) is 4.78. The Hall–Kier alpha value is -0.870. The van der Waals surface area contributed by atoms with Gasteiger partial charge in [-0.3, -0.25) is 4.79 Å². The van der Waals surface area contributed by atoms with Gasteiger partial charge in [0.15, 0.2) is 5.76 Å². The Morgan fingerprint density at radius 2 is 1.93 bits per heavy atom. The molecular weight excluding hydrogens is 184 g/mol. The minimum absolute atomic E-state index is 0.0257. The van der Waals surface area contributed by atoms with Gasteiger partial charge in [0.25, 0.3) is 5.79 Å². The first-order chi connectivity index (χ1) is 6.58. The fraction of sp³-hybridized carbons (Fsp3) is 0.700. The van der Waals surface area contributed by atoms with Gasteiger partial charge in [0.05, 0.1) is 19.3 Å². The second-order valence-electron chi connectivity index (χ2n) is 3.76. The van der Waals surface area contributed by atoms with E-state index in [0.717, 1.165) is 0 Å². The lowest BCUT2D eigenvalue weighted by Crippen LogP contribution is -2.52. The Labute approximate surface area is 82.8 Å². The van der Waals surface area contributed by atoms with Gasteiger partial charge in [-0.05, 0) is 20.8 Å². The molecule has 0 saturated carbocycles. The molecule has 0 aromatic carbocycles. The normalized spacial score (nSPS) is 24.7. The Balaban J connectivity index is 2.25. The maximum absolute atomic E-state index is 11.6. The van der Waals surface area contributed by atoms with Crippen LogP contribution < -0.4 is 0 Å². The van der Waals surface area contributed by atoms with Gasteiger partial charge in [-0.15, -0.1) is 0 Å². The number of hydrogen-bond acceptors (Lipinski definition) is 4. The lowest BCUT2D eigenvalue weighted by Gasteiger charge is -2.37. The Morgan fingerprint density at radius 3 is 2.43 bits per heavy atom. The van der Waals surface area contributed by atoms with Crippen molar-refractivity contribution in [2.24, 2.45) is 0 Å². The summed E-state index contributed by atoms with van der Waals surface area (Å²) in [5.41, 5.74) is 0.612. The highest BCUT2D eigenvalue weighted by atomic mass is 16.8. The molecule has 0 atom stereocenters. The van der Waals surface area contributed by atoms with Crippen molar-refractivity contribution in [1.82, 2.24) is 0 Å². The van der Waals surface area contributed by atoms with Crippen molar-refractivity contribution in [2.45, 2.75) is 32.7 Å². The molecule has 0 N–H and O–H groups in total. The molecular formula is C10H14O4. The summed E-state index contributed by atoms with van der Waals surface area (Å²) in [7, 11) is 0. The van der Waals surface area contributed by atoms with Crippen LogP contribution in [0.2, 0.25) is 0 Å². The van der Waals surface area contributed by atoms with E-state index >= 15 is 0 Å². The van der Waals surface area contributed by atoms with Crippen molar-refractivity contribution in [3.8, 4) is 0 Å². The maximum atomic E-state index is 11.6. The van der Waals surface area contributed by atoms with E-state index in [0.29, 0.717) is 24.5 Å². The summed E-state index contributed by atoms with van der Waals surface area (Å²) >= 11 is 0. The number of carbonyl (C=O) groups is 1. The van der Waals surface area contributed by atoms with Crippen LogP contribution in [0.4, 0.5) is 0 Å². The molecule has 2 aliphatic rings. The predicted molar refractivity (Wildman–Crippen MR) is 48.6 cm³/mol. The summed E-state index contributed by atoms with van der Waals surface area (Å²) in [6.07, 6.45) is 0.0257. The zero-order valence-electron chi connectivity index (χ0n) is 8.62. The molecule has 4 nitrogen and oxygen atoms in total. The molecule has 1 fully saturated rings. The summed E-state index contributed by atoms with van der Waals surface area (Å²) in [5.74, 6) is -0.741. The molecule has 14 heavy (non-hydrogen) atoms. The average Bonchev–Trinajstić information content (AvgIpc) is 2.63. The lowest BCUT2D eigenvalue weighted by atomic mass is 9.88. The quantitative estimate of drug-likeness (QED) is 0.664. The van der Waals surface area contributed by atoms with E-state index < -0.39 is 5.79 Å². The van der Waals surface area contributed by atoms with Crippen LogP contribution >= 0.6 is 0 Å². The van der Waals surface area contributed by atoms with Gasteiger partial charge in [-0.1, -0.05) is 0 Å². The second kappa shape index (κ2) is 3.07. The van der Waals surface area contributed by atoms with Gasteiger partial charge in [0.2, 0.25) is 5.78 Å².